The van der Waals surface area contributed by atoms with E-state index in [0.29, 0.717) is 6.61 Å². The molecule has 0 spiro atoms. The van der Waals surface area contributed by atoms with Crippen molar-refractivity contribution in [1.29, 1.82) is 0 Å². The zero-order chi connectivity index (χ0) is 14.1. The minimum atomic E-state index is -0.474. The van der Waals surface area contributed by atoms with Gasteiger partial charge >= 0.3 is 6.09 Å². The number of amides is 2. The van der Waals surface area contributed by atoms with Gasteiger partial charge in [-0.25, -0.2) is 4.79 Å². The number of alkyl carbamates (subject to hydrolysis) is 1. The SMILES string of the molecule is CCOC(=O)NCC#Cc1ccc(NC(C)=O)cc1. The van der Waals surface area contributed by atoms with Crippen LogP contribution >= 0.6 is 0 Å². The Balaban J connectivity index is 2.45. The minimum absolute atomic E-state index is 0.113. The lowest BCUT2D eigenvalue weighted by Gasteiger charge is -2.01. The summed E-state index contributed by atoms with van der Waals surface area (Å²) in [6, 6.07) is 7.12. The average Bonchev–Trinajstić information content (AvgIpc) is 2.36. The molecule has 0 aromatic heterocycles. The van der Waals surface area contributed by atoms with E-state index in [1.807, 2.05) is 0 Å². The molecule has 5 heteroatoms. The van der Waals surface area contributed by atoms with E-state index in [9.17, 15) is 9.59 Å². The normalized spacial score (nSPS) is 8.95. The van der Waals surface area contributed by atoms with E-state index in [4.69, 9.17) is 0 Å². The van der Waals surface area contributed by atoms with Crippen molar-refractivity contribution in [1.82, 2.24) is 5.32 Å². The molecule has 0 aliphatic heterocycles. The first-order valence-electron chi connectivity index (χ1n) is 5.89. The topological polar surface area (TPSA) is 67.4 Å². The Morgan fingerprint density at radius 3 is 2.53 bits per heavy atom. The van der Waals surface area contributed by atoms with Crippen LogP contribution in [0.4, 0.5) is 10.5 Å². The Morgan fingerprint density at radius 1 is 1.26 bits per heavy atom. The zero-order valence-corrected chi connectivity index (χ0v) is 10.9. The average molecular weight is 260 g/mol. The van der Waals surface area contributed by atoms with Crippen LogP contribution in [0.3, 0.4) is 0 Å². The molecule has 0 radical (unpaired) electrons. The molecular formula is C14H16N2O3. The van der Waals surface area contributed by atoms with Crippen LogP contribution in [-0.4, -0.2) is 25.2 Å². The van der Waals surface area contributed by atoms with Crippen molar-refractivity contribution in [3.05, 3.63) is 29.8 Å². The highest BCUT2D eigenvalue weighted by Gasteiger charge is 1.96. The summed E-state index contributed by atoms with van der Waals surface area (Å²) in [5, 5.41) is 5.17. The van der Waals surface area contributed by atoms with Crippen LogP contribution in [0.5, 0.6) is 0 Å². The van der Waals surface area contributed by atoms with Crippen molar-refractivity contribution in [2.24, 2.45) is 0 Å². The number of ether oxygens (including phenoxy) is 1. The molecule has 1 rings (SSSR count). The van der Waals surface area contributed by atoms with Crippen LogP contribution in [0, 0.1) is 11.8 Å². The maximum absolute atomic E-state index is 11.0. The van der Waals surface area contributed by atoms with E-state index in [1.54, 1.807) is 31.2 Å². The lowest BCUT2D eigenvalue weighted by Crippen LogP contribution is -2.24. The molecule has 0 saturated carbocycles. The third kappa shape index (κ3) is 6.13. The highest BCUT2D eigenvalue weighted by atomic mass is 16.5. The highest BCUT2D eigenvalue weighted by molar-refractivity contribution is 5.88. The fourth-order valence-electron chi connectivity index (χ4n) is 1.28. The van der Waals surface area contributed by atoms with E-state index < -0.39 is 6.09 Å². The second-order valence-electron chi connectivity index (χ2n) is 3.63. The molecule has 0 fully saturated rings. The summed E-state index contributed by atoms with van der Waals surface area (Å²) in [5.74, 6) is 5.58. The van der Waals surface area contributed by atoms with Crippen LogP contribution < -0.4 is 10.6 Å². The van der Waals surface area contributed by atoms with Gasteiger partial charge in [-0.1, -0.05) is 11.8 Å². The van der Waals surface area contributed by atoms with Crippen molar-refractivity contribution >= 4 is 17.7 Å². The highest BCUT2D eigenvalue weighted by Crippen LogP contribution is 2.08. The summed E-state index contributed by atoms with van der Waals surface area (Å²) in [6.07, 6.45) is -0.474. The quantitative estimate of drug-likeness (QED) is 0.813. The van der Waals surface area contributed by atoms with E-state index in [0.717, 1.165) is 11.3 Å². The first kappa shape index (κ1) is 14.6. The van der Waals surface area contributed by atoms with E-state index in [-0.39, 0.29) is 12.5 Å². The van der Waals surface area contributed by atoms with Gasteiger partial charge in [0.15, 0.2) is 0 Å². The molecule has 0 heterocycles. The van der Waals surface area contributed by atoms with Gasteiger partial charge in [0.25, 0.3) is 0 Å². The fourth-order valence-corrected chi connectivity index (χ4v) is 1.28. The van der Waals surface area contributed by atoms with Crippen LogP contribution in [0.2, 0.25) is 0 Å². The molecule has 0 aliphatic carbocycles. The van der Waals surface area contributed by atoms with Crippen molar-refractivity contribution in [3.8, 4) is 11.8 Å². The lowest BCUT2D eigenvalue weighted by atomic mass is 10.2. The molecule has 0 bridgehead atoms. The monoisotopic (exact) mass is 260 g/mol. The largest absolute Gasteiger partial charge is 0.450 e. The molecule has 2 amide bonds. The molecule has 0 unspecified atom stereocenters. The Morgan fingerprint density at radius 2 is 1.95 bits per heavy atom. The Labute approximate surface area is 112 Å². The number of carbonyl (C=O) groups excluding carboxylic acids is 2. The smallest absolute Gasteiger partial charge is 0.407 e. The summed E-state index contributed by atoms with van der Waals surface area (Å²) in [6.45, 7) is 3.76. The Kier molecular flexibility index (Phi) is 5.96. The van der Waals surface area contributed by atoms with Crippen molar-refractivity contribution < 1.29 is 14.3 Å². The molecule has 2 N–H and O–H groups in total. The predicted molar refractivity (Wildman–Crippen MR) is 72.6 cm³/mol. The molecule has 19 heavy (non-hydrogen) atoms. The minimum Gasteiger partial charge on any atom is -0.450 e. The maximum atomic E-state index is 11.0. The van der Waals surface area contributed by atoms with Crippen LogP contribution in [0.1, 0.15) is 19.4 Å². The molecule has 0 saturated heterocycles. The Bertz CT molecular complexity index is 498. The number of hydrogen-bond acceptors (Lipinski definition) is 3. The van der Waals surface area contributed by atoms with Gasteiger partial charge < -0.3 is 15.4 Å². The van der Waals surface area contributed by atoms with Crippen LogP contribution in [0.15, 0.2) is 24.3 Å². The molecule has 100 valence electrons. The van der Waals surface area contributed by atoms with Gasteiger partial charge in [0.2, 0.25) is 5.91 Å². The van der Waals surface area contributed by atoms with E-state index in [2.05, 4.69) is 27.2 Å². The van der Waals surface area contributed by atoms with Gasteiger partial charge in [0.05, 0.1) is 13.2 Å². The number of nitrogens with one attached hydrogen (secondary N) is 2. The number of carbonyl (C=O) groups is 2. The first-order valence-corrected chi connectivity index (χ1v) is 5.89. The zero-order valence-electron chi connectivity index (χ0n) is 10.9. The molecule has 1 aromatic rings. The Hall–Kier alpha value is -2.48. The van der Waals surface area contributed by atoms with Crippen molar-refractivity contribution in [2.45, 2.75) is 13.8 Å². The number of benzene rings is 1. The van der Waals surface area contributed by atoms with Crippen molar-refractivity contribution in [2.75, 3.05) is 18.5 Å². The third-order valence-electron chi connectivity index (χ3n) is 2.03. The maximum Gasteiger partial charge on any atom is 0.407 e. The standard InChI is InChI=1S/C14H16N2O3/c1-3-19-14(18)15-10-4-5-12-6-8-13(9-7-12)16-11(2)17/h6-9H,3,10H2,1-2H3,(H,15,18)(H,16,17). The fraction of sp³-hybridized carbons (Fsp3) is 0.286. The lowest BCUT2D eigenvalue weighted by molar-refractivity contribution is -0.114. The molecular weight excluding hydrogens is 244 g/mol. The second kappa shape index (κ2) is 7.77. The summed E-state index contributed by atoms with van der Waals surface area (Å²) >= 11 is 0. The number of hydrogen-bond donors (Lipinski definition) is 2. The summed E-state index contributed by atoms with van der Waals surface area (Å²) in [7, 11) is 0. The third-order valence-corrected chi connectivity index (χ3v) is 2.03. The van der Waals surface area contributed by atoms with Gasteiger partial charge in [0.1, 0.15) is 0 Å². The van der Waals surface area contributed by atoms with Gasteiger partial charge in [-0.2, -0.15) is 0 Å². The number of anilines is 1. The summed E-state index contributed by atoms with van der Waals surface area (Å²) in [4.78, 5) is 21.8. The van der Waals surface area contributed by atoms with Crippen LogP contribution in [-0.2, 0) is 9.53 Å². The van der Waals surface area contributed by atoms with Crippen molar-refractivity contribution in [3.63, 3.8) is 0 Å². The van der Waals surface area contributed by atoms with Gasteiger partial charge in [0, 0.05) is 18.2 Å². The molecule has 5 nitrogen and oxygen atoms in total. The first-order chi connectivity index (χ1) is 9.11. The predicted octanol–water partition coefficient (Wildman–Crippen LogP) is 1.74. The molecule has 0 atom stereocenters. The van der Waals surface area contributed by atoms with Crippen LogP contribution in [0.25, 0.3) is 0 Å². The van der Waals surface area contributed by atoms with E-state index in [1.165, 1.54) is 6.92 Å². The molecule has 1 aromatic carbocycles. The van der Waals surface area contributed by atoms with E-state index >= 15 is 0 Å². The number of rotatable bonds is 3. The van der Waals surface area contributed by atoms with Gasteiger partial charge in [-0.15, -0.1) is 0 Å². The summed E-state index contributed by atoms with van der Waals surface area (Å²) < 4.78 is 4.69. The summed E-state index contributed by atoms with van der Waals surface area (Å²) in [5.41, 5.74) is 1.53. The van der Waals surface area contributed by atoms with Gasteiger partial charge in [-0.3, -0.25) is 4.79 Å². The van der Waals surface area contributed by atoms with Gasteiger partial charge in [-0.05, 0) is 31.2 Å². The molecule has 0 aliphatic rings. The second-order valence-corrected chi connectivity index (χ2v) is 3.63.